The van der Waals surface area contributed by atoms with Crippen molar-refractivity contribution in [3.05, 3.63) is 35.9 Å². The highest BCUT2D eigenvalue weighted by atomic mass is 16.2. The minimum absolute atomic E-state index is 0.0319. The first-order valence-corrected chi connectivity index (χ1v) is 5.87. The molecule has 1 aromatic carbocycles. The van der Waals surface area contributed by atoms with Gasteiger partial charge in [-0.25, -0.2) is 0 Å². The normalized spacial score (nSPS) is 14.1. The summed E-state index contributed by atoms with van der Waals surface area (Å²) in [6.07, 6.45) is 1.44. The number of benzene rings is 1. The zero-order valence-corrected chi connectivity index (χ0v) is 10.1. The van der Waals surface area contributed by atoms with Crippen molar-refractivity contribution < 1.29 is 9.90 Å². The molecule has 2 atom stereocenters. The van der Waals surface area contributed by atoms with Gasteiger partial charge in [-0.05, 0) is 25.3 Å². The Hall–Kier alpha value is -1.39. The summed E-state index contributed by atoms with van der Waals surface area (Å²) in [6.45, 7) is 2.05. The van der Waals surface area contributed by atoms with Crippen LogP contribution in [0.1, 0.15) is 31.4 Å². The van der Waals surface area contributed by atoms with Gasteiger partial charge in [-0.2, -0.15) is 0 Å². The van der Waals surface area contributed by atoms with Gasteiger partial charge in [0.1, 0.15) is 6.04 Å². The van der Waals surface area contributed by atoms with Gasteiger partial charge in [0.05, 0.1) is 0 Å². The second-order valence-electron chi connectivity index (χ2n) is 4.16. The van der Waals surface area contributed by atoms with Crippen molar-refractivity contribution in [2.24, 2.45) is 5.73 Å². The standard InChI is InChI=1S/C13H20N2O2/c1-10(6-5-9-16)15-13(17)12(14)11-7-3-2-4-8-11/h2-4,7-8,10,12,16H,5-6,9,14H2,1H3,(H,15,17). The van der Waals surface area contributed by atoms with Crippen LogP contribution in [0.5, 0.6) is 0 Å². The fourth-order valence-corrected chi connectivity index (χ4v) is 1.61. The van der Waals surface area contributed by atoms with Gasteiger partial charge in [-0.1, -0.05) is 30.3 Å². The van der Waals surface area contributed by atoms with Crippen LogP contribution in [0.4, 0.5) is 0 Å². The molecular formula is C13H20N2O2. The first-order chi connectivity index (χ1) is 8.15. The number of carbonyl (C=O) groups excluding carboxylic acids is 1. The number of hydrogen-bond acceptors (Lipinski definition) is 3. The third kappa shape index (κ3) is 4.54. The number of aliphatic hydroxyl groups is 1. The third-order valence-corrected chi connectivity index (χ3v) is 2.63. The Balaban J connectivity index is 2.47. The van der Waals surface area contributed by atoms with E-state index in [1.54, 1.807) is 0 Å². The lowest BCUT2D eigenvalue weighted by atomic mass is 10.1. The van der Waals surface area contributed by atoms with Gasteiger partial charge < -0.3 is 16.2 Å². The Morgan fingerprint density at radius 1 is 1.41 bits per heavy atom. The van der Waals surface area contributed by atoms with Crippen molar-refractivity contribution in [3.63, 3.8) is 0 Å². The van der Waals surface area contributed by atoms with E-state index in [1.165, 1.54) is 0 Å². The van der Waals surface area contributed by atoms with Crippen molar-refractivity contribution in [2.75, 3.05) is 6.61 Å². The minimum Gasteiger partial charge on any atom is -0.396 e. The first-order valence-electron chi connectivity index (χ1n) is 5.87. The molecule has 0 aliphatic heterocycles. The second-order valence-corrected chi connectivity index (χ2v) is 4.16. The fourth-order valence-electron chi connectivity index (χ4n) is 1.61. The molecule has 0 fully saturated rings. The van der Waals surface area contributed by atoms with Crippen LogP contribution in [0.3, 0.4) is 0 Å². The van der Waals surface area contributed by atoms with E-state index in [1.807, 2.05) is 37.3 Å². The van der Waals surface area contributed by atoms with E-state index < -0.39 is 6.04 Å². The van der Waals surface area contributed by atoms with Crippen molar-refractivity contribution >= 4 is 5.91 Å². The number of nitrogens with two attached hydrogens (primary N) is 1. The van der Waals surface area contributed by atoms with E-state index in [-0.39, 0.29) is 18.6 Å². The third-order valence-electron chi connectivity index (χ3n) is 2.63. The number of hydrogen-bond donors (Lipinski definition) is 3. The van der Waals surface area contributed by atoms with Gasteiger partial charge in [-0.3, -0.25) is 4.79 Å². The fraction of sp³-hybridized carbons (Fsp3) is 0.462. The molecule has 2 unspecified atom stereocenters. The maximum atomic E-state index is 11.8. The lowest BCUT2D eigenvalue weighted by Gasteiger charge is -2.17. The van der Waals surface area contributed by atoms with Crippen LogP contribution in [-0.2, 0) is 4.79 Å². The molecule has 0 heterocycles. The monoisotopic (exact) mass is 236 g/mol. The predicted molar refractivity (Wildman–Crippen MR) is 67.3 cm³/mol. The zero-order chi connectivity index (χ0) is 12.7. The number of aliphatic hydroxyl groups excluding tert-OH is 1. The predicted octanol–water partition coefficient (Wildman–Crippen LogP) is 0.964. The number of nitrogens with one attached hydrogen (secondary N) is 1. The van der Waals surface area contributed by atoms with Crippen molar-refractivity contribution in [3.8, 4) is 0 Å². The van der Waals surface area contributed by atoms with E-state index >= 15 is 0 Å². The summed E-state index contributed by atoms with van der Waals surface area (Å²) in [4.78, 5) is 11.8. The molecule has 1 aromatic rings. The number of amides is 1. The number of rotatable bonds is 6. The zero-order valence-electron chi connectivity index (χ0n) is 10.1. The van der Waals surface area contributed by atoms with Gasteiger partial charge in [0, 0.05) is 12.6 Å². The molecule has 0 saturated heterocycles. The smallest absolute Gasteiger partial charge is 0.241 e. The van der Waals surface area contributed by atoms with Crippen LogP contribution in [0.2, 0.25) is 0 Å². The summed E-state index contributed by atoms with van der Waals surface area (Å²) in [5.41, 5.74) is 6.66. The highest BCUT2D eigenvalue weighted by Crippen LogP contribution is 2.10. The maximum absolute atomic E-state index is 11.8. The van der Waals surface area contributed by atoms with Crippen LogP contribution in [0.15, 0.2) is 30.3 Å². The van der Waals surface area contributed by atoms with E-state index in [2.05, 4.69) is 5.32 Å². The first kappa shape index (κ1) is 13.7. The van der Waals surface area contributed by atoms with Crippen LogP contribution in [0.25, 0.3) is 0 Å². The molecule has 1 amide bonds. The molecule has 0 bridgehead atoms. The van der Waals surface area contributed by atoms with E-state index in [9.17, 15) is 4.79 Å². The second kappa shape index (κ2) is 7.04. The van der Waals surface area contributed by atoms with Gasteiger partial charge in [0.25, 0.3) is 0 Å². The average Bonchev–Trinajstić information content (AvgIpc) is 2.36. The van der Waals surface area contributed by atoms with E-state index in [0.717, 1.165) is 12.0 Å². The molecular weight excluding hydrogens is 216 g/mol. The summed E-state index contributed by atoms with van der Waals surface area (Å²) >= 11 is 0. The van der Waals surface area contributed by atoms with Crippen LogP contribution < -0.4 is 11.1 Å². The number of carbonyl (C=O) groups is 1. The molecule has 0 saturated carbocycles. The largest absolute Gasteiger partial charge is 0.396 e. The summed E-state index contributed by atoms with van der Waals surface area (Å²) in [5.74, 6) is -0.179. The Kier molecular flexibility index (Phi) is 5.66. The molecule has 0 aromatic heterocycles. The molecule has 94 valence electrons. The molecule has 4 heteroatoms. The van der Waals surface area contributed by atoms with Crippen LogP contribution in [-0.4, -0.2) is 23.7 Å². The Morgan fingerprint density at radius 2 is 2.06 bits per heavy atom. The Bertz CT molecular complexity index is 341. The maximum Gasteiger partial charge on any atom is 0.241 e. The van der Waals surface area contributed by atoms with Crippen molar-refractivity contribution in [2.45, 2.75) is 31.8 Å². The van der Waals surface area contributed by atoms with Crippen molar-refractivity contribution in [1.82, 2.24) is 5.32 Å². The highest BCUT2D eigenvalue weighted by molar-refractivity contribution is 5.83. The van der Waals surface area contributed by atoms with Gasteiger partial charge in [0.2, 0.25) is 5.91 Å². The van der Waals surface area contributed by atoms with Gasteiger partial charge in [0.15, 0.2) is 0 Å². The topological polar surface area (TPSA) is 75.3 Å². The minimum atomic E-state index is -0.632. The van der Waals surface area contributed by atoms with Gasteiger partial charge in [-0.15, -0.1) is 0 Å². The van der Waals surface area contributed by atoms with E-state index in [0.29, 0.717) is 6.42 Å². The summed E-state index contributed by atoms with van der Waals surface area (Å²) in [5, 5.41) is 11.5. The lowest BCUT2D eigenvalue weighted by molar-refractivity contribution is -0.123. The lowest BCUT2D eigenvalue weighted by Crippen LogP contribution is -2.39. The SMILES string of the molecule is CC(CCCO)NC(=O)C(N)c1ccccc1. The Labute approximate surface area is 102 Å². The highest BCUT2D eigenvalue weighted by Gasteiger charge is 2.16. The van der Waals surface area contributed by atoms with E-state index in [4.69, 9.17) is 10.8 Å². The summed E-state index contributed by atoms with van der Waals surface area (Å²) < 4.78 is 0. The molecule has 4 nitrogen and oxygen atoms in total. The summed E-state index contributed by atoms with van der Waals surface area (Å²) in [6, 6.07) is 8.68. The molecule has 0 radical (unpaired) electrons. The molecule has 1 rings (SSSR count). The van der Waals surface area contributed by atoms with Crippen LogP contribution >= 0.6 is 0 Å². The molecule has 0 aliphatic carbocycles. The van der Waals surface area contributed by atoms with Crippen molar-refractivity contribution in [1.29, 1.82) is 0 Å². The quantitative estimate of drug-likeness (QED) is 0.688. The molecule has 0 aliphatic rings. The molecule has 0 spiro atoms. The summed E-state index contributed by atoms with van der Waals surface area (Å²) in [7, 11) is 0. The average molecular weight is 236 g/mol. The van der Waals surface area contributed by atoms with Crippen LogP contribution in [0, 0.1) is 0 Å². The Morgan fingerprint density at radius 3 is 2.65 bits per heavy atom. The molecule has 17 heavy (non-hydrogen) atoms. The van der Waals surface area contributed by atoms with Gasteiger partial charge >= 0.3 is 0 Å². The molecule has 4 N–H and O–H groups in total.